The number of carbonyl (C=O) groups excluding carboxylic acids is 1. The molecule has 6 heteroatoms. The second-order valence-corrected chi connectivity index (χ2v) is 9.51. The van der Waals surface area contributed by atoms with E-state index in [4.69, 9.17) is 0 Å². The highest BCUT2D eigenvalue weighted by Gasteiger charge is 2.21. The van der Waals surface area contributed by atoms with Gasteiger partial charge in [0.2, 0.25) is 5.91 Å². The zero-order valence-electron chi connectivity index (χ0n) is 19.9. The average molecular weight is 471 g/mol. The molecule has 0 radical (unpaired) electrons. The first-order chi connectivity index (χ1) is 16.5. The lowest BCUT2D eigenvalue weighted by Crippen LogP contribution is -2.28. The second-order valence-electron chi connectivity index (χ2n) is 8.56. The Morgan fingerprint density at radius 2 is 1.65 bits per heavy atom. The van der Waals surface area contributed by atoms with E-state index in [-0.39, 0.29) is 11.9 Å². The molecule has 1 aromatic heterocycles. The van der Waals surface area contributed by atoms with Gasteiger partial charge in [0.25, 0.3) is 0 Å². The van der Waals surface area contributed by atoms with E-state index in [1.54, 1.807) is 11.8 Å². The lowest BCUT2D eigenvalue weighted by atomic mass is 10.1. The SMILES string of the molecule is Cc1ccc(-n2c(SCc3cccc(C)c3)nnc2C(C)NC(=O)CCc2ccccc2)cc1. The Labute approximate surface area is 205 Å². The molecule has 1 unspecified atom stereocenters. The predicted molar refractivity (Wildman–Crippen MR) is 138 cm³/mol. The number of carbonyl (C=O) groups is 1. The number of aromatic nitrogens is 3. The van der Waals surface area contributed by atoms with Crippen LogP contribution in [-0.4, -0.2) is 20.7 Å². The van der Waals surface area contributed by atoms with E-state index >= 15 is 0 Å². The Morgan fingerprint density at radius 3 is 2.38 bits per heavy atom. The lowest BCUT2D eigenvalue weighted by Gasteiger charge is -2.16. The molecule has 0 aliphatic heterocycles. The average Bonchev–Trinajstić information content (AvgIpc) is 3.27. The van der Waals surface area contributed by atoms with Crippen LogP contribution >= 0.6 is 11.8 Å². The summed E-state index contributed by atoms with van der Waals surface area (Å²) < 4.78 is 2.06. The third kappa shape index (κ3) is 6.14. The van der Waals surface area contributed by atoms with Crippen LogP contribution in [0, 0.1) is 13.8 Å². The van der Waals surface area contributed by atoms with E-state index in [0.717, 1.165) is 28.0 Å². The fraction of sp³-hybridized carbons (Fsp3) is 0.250. The largest absolute Gasteiger partial charge is 0.346 e. The smallest absolute Gasteiger partial charge is 0.220 e. The molecular weight excluding hydrogens is 440 g/mol. The molecule has 0 aliphatic rings. The van der Waals surface area contributed by atoms with Crippen LogP contribution in [0.2, 0.25) is 0 Å². The summed E-state index contributed by atoms with van der Waals surface area (Å²) in [5.41, 5.74) is 5.82. The van der Waals surface area contributed by atoms with Crippen LogP contribution in [0.3, 0.4) is 0 Å². The van der Waals surface area contributed by atoms with Gasteiger partial charge in [-0.1, -0.05) is 89.6 Å². The van der Waals surface area contributed by atoms with Crippen LogP contribution in [0.1, 0.15) is 47.5 Å². The van der Waals surface area contributed by atoms with Crippen LogP contribution in [-0.2, 0) is 17.0 Å². The van der Waals surface area contributed by atoms with Crippen molar-refractivity contribution in [1.82, 2.24) is 20.1 Å². The van der Waals surface area contributed by atoms with E-state index in [0.29, 0.717) is 12.8 Å². The zero-order valence-corrected chi connectivity index (χ0v) is 20.7. The summed E-state index contributed by atoms with van der Waals surface area (Å²) in [5, 5.41) is 12.9. The van der Waals surface area contributed by atoms with Crippen LogP contribution in [0.15, 0.2) is 84.0 Å². The van der Waals surface area contributed by atoms with Crippen molar-refractivity contribution in [1.29, 1.82) is 0 Å². The molecule has 0 aliphatic carbocycles. The van der Waals surface area contributed by atoms with Gasteiger partial charge in [-0.25, -0.2) is 0 Å². The summed E-state index contributed by atoms with van der Waals surface area (Å²) in [4.78, 5) is 12.7. The Morgan fingerprint density at radius 1 is 0.912 bits per heavy atom. The number of amides is 1. The first-order valence-corrected chi connectivity index (χ1v) is 12.5. The molecule has 1 heterocycles. The van der Waals surface area contributed by atoms with Crippen LogP contribution < -0.4 is 5.32 Å². The van der Waals surface area contributed by atoms with E-state index in [1.807, 2.05) is 37.3 Å². The maximum Gasteiger partial charge on any atom is 0.220 e. The number of hydrogen-bond donors (Lipinski definition) is 1. The van der Waals surface area contributed by atoms with Crippen molar-refractivity contribution < 1.29 is 4.79 Å². The molecule has 3 aromatic carbocycles. The van der Waals surface area contributed by atoms with E-state index in [9.17, 15) is 4.79 Å². The summed E-state index contributed by atoms with van der Waals surface area (Å²) >= 11 is 1.65. The molecule has 1 amide bonds. The van der Waals surface area contributed by atoms with Gasteiger partial charge in [-0.05, 0) is 50.5 Å². The molecule has 0 spiro atoms. The van der Waals surface area contributed by atoms with Crippen molar-refractivity contribution in [3.05, 3.63) is 107 Å². The molecule has 5 nitrogen and oxygen atoms in total. The summed E-state index contributed by atoms with van der Waals surface area (Å²) in [6.07, 6.45) is 1.14. The number of hydrogen-bond acceptors (Lipinski definition) is 4. The minimum absolute atomic E-state index is 0.00349. The summed E-state index contributed by atoms with van der Waals surface area (Å²) in [6.45, 7) is 6.13. The van der Waals surface area contributed by atoms with Crippen LogP contribution in [0.5, 0.6) is 0 Å². The van der Waals surface area contributed by atoms with Crippen LogP contribution in [0.25, 0.3) is 5.69 Å². The molecular formula is C28H30N4OS. The number of nitrogens with one attached hydrogen (secondary N) is 1. The Bertz CT molecular complexity index is 1240. The molecule has 4 rings (SSSR count). The minimum atomic E-state index is -0.273. The van der Waals surface area contributed by atoms with Gasteiger partial charge in [0.15, 0.2) is 11.0 Å². The number of nitrogens with zero attached hydrogens (tertiary/aromatic N) is 3. The van der Waals surface area contributed by atoms with Gasteiger partial charge in [0.05, 0.1) is 6.04 Å². The number of thioether (sulfide) groups is 1. The van der Waals surface area contributed by atoms with Gasteiger partial charge < -0.3 is 5.32 Å². The normalized spacial score (nSPS) is 11.9. The maximum atomic E-state index is 12.7. The quantitative estimate of drug-likeness (QED) is 0.305. The molecule has 0 bridgehead atoms. The van der Waals surface area contributed by atoms with Crippen molar-refractivity contribution >= 4 is 17.7 Å². The topological polar surface area (TPSA) is 59.8 Å². The van der Waals surface area contributed by atoms with Gasteiger partial charge in [0, 0.05) is 17.9 Å². The lowest BCUT2D eigenvalue weighted by molar-refractivity contribution is -0.121. The highest BCUT2D eigenvalue weighted by atomic mass is 32.2. The van der Waals surface area contributed by atoms with Gasteiger partial charge in [0.1, 0.15) is 0 Å². The predicted octanol–water partition coefficient (Wildman–Crippen LogP) is 5.99. The van der Waals surface area contributed by atoms with Crippen molar-refractivity contribution in [3.63, 3.8) is 0 Å². The van der Waals surface area contributed by atoms with Gasteiger partial charge in [-0.15, -0.1) is 10.2 Å². The van der Waals surface area contributed by atoms with E-state index in [1.165, 1.54) is 16.7 Å². The van der Waals surface area contributed by atoms with E-state index < -0.39 is 0 Å². The Balaban J connectivity index is 1.52. The molecule has 4 aromatic rings. The summed E-state index contributed by atoms with van der Waals surface area (Å²) in [7, 11) is 0. The van der Waals surface area contributed by atoms with Gasteiger partial charge >= 0.3 is 0 Å². The standard InChI is InChI=1S/C28H30N4OS/c1-20-12-15-25(16-13-20)32-27(22(3)29-26(33)17-14-23-9-5-4-6-10-23)30-31-28(32)34-19-24-11-7-8-21(2)18-24/h4-13,15-16,18,22H,14,17,19H2,1-3H3,(H,29,33). The monoisotopic (exact) mass is 470 g/mol. The first kappa shape index (κ1) is 23.8. The zero-order chi connectivity index (χ0) is 23.9. The molecule has 174 valence electrons. The summed E-state index contributed by atoms with van der Waals surface area (Å²) in [5.74, 6) is 1.52. The first-order valence-electron chi connectivity index (χ1n) is 11.5. The number of benzene rings is 3. The van der Waals surface area contributed by atoms with Crippen molar-refractivity contribution in [3.8, 4) is 5.69 Å². The molecule has 0 fully saturated rings. The molecule has 1 atom stereocenters. The van der Waals surface area contributed by atoms with Gasteiger partial charge in [-0.2, -0.15) is 0 Å². The fourth-order valence-electron chi connectivity index (χ4n) is 3.82. The third-order valence-electron chi connectivity index (χ3n) is 5.65. The Hall–Kier alpha value is -3.38. The van der Waals surface area contributed by atoms with Crippen LogP contribution in [0.4, 0.5) is 0 Å². The molecule has 34 heavy (non-hydrogen) atoms. The Kier molecular flexibility index (Phi) is 7.80. The fourth-order valence-corrected chi connectivity index (χ4v) is 4.72. The molecule has 1 N–H and O–H groups in total. The molecule has 0 saturated carbocycles. The van der Waals surface area contributed by atoms with Crippen molar-refractivity contribution in [2.75, 3.05) is 0 Å². The highest BCUT2D eigenvalue weighted by molar-refractivity contribution is 7.98. The minimum Gasteiger partial charge on any atom is -0.346 e. The third-order valence-corrected chi connectivity index (χ3v) is 6.65. The van der Waals surface area contributed by atoms with E-state index in [2.05, 4.69) is 82.5 Å². The number of rotatable bonds is 9. The van der Waals surface area contributed by atoms with Crippen molar-refractivity contribution in [2.24, 2.45) is 0 Å². The summed E-state index contributed by atoms with van der Waals surface area (Å²) in [6, 6.07) is 26.6. The number of aryl methyl sites for hydroxylation is 3. The molecule has 0 saturated heterocycles. The second kappa shape index (κ2) is 11.2. The highest BCUT2D eigenvalue weighted by Crippen LogP contribution is 2.28. The van der Waals surface area contributed by atoms with Gasteiger partial charge in [-0.3, -0.25) is 9.36 Å². The van der Waals surface area contributed by atoms with Crippen molar-refractivity contribution in [2.45, 2.75) is 50.6 Å². The maximum absolute atomic E-state index is 12.7.